The van der Waals surface area contributed by atoms with E-state index in [2.05, 4.69) is 14.2 Å². The van der Waals surface area contributed by atoms with Crippen molar-refractivity contribution >= 4 is 22.2 Å². The van der Waals surface area contributed by atoms with Gasteiger partial charge in [0.1, 0.15) is 11.7 Å². The number of alkyl carbamates (subject to hydrolysis) is 1. The Hall–Kier alpha value is -1.35. The van der Waals surface area contributed by atoms with E-state index in [1.165, 1.54) is 6.92 Å². The van der Waals surface area contributed by atoms with Gasteiger partial charge in [0.15, 0.2) is 6.04 Å². The molecule has 0 heterocycles. The summed E-state index contributed by atoms with van der Waals surface area (Å²) in [6.07, 6.45) is -1.17. The Labute approximate surface area is 118 Å². The highest BCUT2D eigenvalue weighted by Gasteiger charge is 2.32. The molecule has 0 saturated carbocycles. The minimum atomic E-state index is -3.78. The largest absolute Gasteiger partial charge is 0.467 e. The topological polar surface area (TPSA) is 108 Å². The fraction of sp³-hybridized carbons (Fsp3) is 0.818. The molecule has 0 aliphatic carbocycles. The molecule has 0 aliphatic heterocycles. The first kappa shape index (κ1) is 18.7. The van der Waals surface area contributed by atoms with Gasteiger partial charge in [-0.2, -0.15) is 8.42 Å². The van der Waals surface area contributed by atoms with Gasteiger partial charge in [-0.1, -0.05) is 0 Å². The van der Waals surface area contributed by atoms with Gasteiger partial charge in [-0.15, -0.1) is 0 Å². The maximum atomic E-state index is 11.6. The van der Waals surface area contributed by atoms with Crippen molar-refractivity contribution in [2.24, 2.45) is 0 Å². The van der Waals surface area contributed by atoms with Gasteiger partial charge in [-0.3, -0.25) is 4.18 Å². The van der Waals surface area contributed by atoms with E-state index in [1.807, 2.05) is 0 Å². The van der Waals surface area contributed by atoms with Crippen LogP contribution in [0.2, 0.25) is 0 Å². The van der Waals surface area contributed by atoms with E-state index in [1.54, 1.807) is 20.8 Å². The van der Waals surface area contributed by atoms with Crippen LogP contribution in [0, 0.1) is 0 Å². The second kappa shape index (κ2) is 6.89. The molecule has 0 radical (unpaired) electrons. The van der Waals surface area contributed by atoms with Gasteiger partial charge >= 0.3 is 12.1 Å². The monoisotopic (exact) mass is 311 g/mol. The molecular formula is C11H21NO7S. The summed E-state index contributed by atoms with van der Waals surface area (Å²) in [7, 11) is -2.67. The molecule has 0 rings (SSSR count). The van der Waals surface area contributed by atoms with Crippen LogP contribution in [0.5, 0.6) is 0 Å². The molecule has 8 nitrogen and oxygen atoms in total. The Morgan fingerprint density at radius 3 is 2.05 bits per heavy atom. The minimum Gasteiger partial charge on any atom is -0.467 e. The van der Waals surface area contributed by atoms with E-state index in [-0.39, 0.29) is 0 Å². The third-order valence-electron chi connectivity index (χ3n) is 1.92. The average molecular weight is 311 g/mol. The summed E-state index contributed by atoms with van der Waals surface area (Å²) >= 11 is 0. The number of nitrogens with one attached hydrogen (secondary N) is 1. The second-order valence-corrected chi connectivity index (χ2v) is 6.75. The predicted molar refractivity (Wildman–Crippen MR) is 70.6 cm³/mol. The predicted octanol–water partition coefficient (Wildman–Crippen LogP) is 0.417. The Morgan fingerprint density at radius 2 is 1.70 bits per heavy atom. The molecule has 0 bridgehead atoms. The Morgan fingerprint density at radius 1 is 1.20 bits per heavy atom. The lowest BCUT2D eigenvalue weighted by Crippen LogP contribution is -2.50. The lowest BCUT2D eigenvalue weighted by atomic mass is 10.2. The number of carbonyl (C=O) groups is 2. The standard InChI is InChI=1S/C11H21NO7S/c1-7(19-20(6,15)16)8(9(13)17-5)12-10(14)18-11(2,3)4/h7-8H,1-6H3,(H,12,14)/t7-,8-/m0/s1. The van der Waals surface area contributed by atoms with E-state index in [4.69, 9.17) is 4.74 Å². The number of ether oxygens (including phenoxy) is 2. The summed E-state index contributed by atoms with van der Waals surface area (Å²) in [6, 6.07) is -1.30. The fourth-order valence-corrected chi connectivity index (χ4v) is 1.92. The van der Waals surface area contributed by atoms with Gasteiger partial charge in [-0.25, -0.2) is 9.59 Å². The zero-order valence-electron chi connectivity index (χ0n) is 12.4. The summed E-state index contributed by atoms with van der Waals surface area (Å²) in [5.74, 6) is -0.841. The molecule has 0 aliphatic rings. The van der Waals surface area contributed by atoms with Crippen molar-refractivity contribution in [1.29, 1.82) is 0 Å². The van der Waals surface area contributed by atoms with Crippen molar-refractivity contribution in [1.82, 2.24) is 5.32 Å². The van der Waals surface area contributed by atoms with Crippen molar-refractivity contribution in [3.05, 3.63) is 0 Å². The number of amides is 1. The second-order valence-electron chi connectivity index (χ2n) is 5.15. The highest BCUT2D eigenvalue weighted by Crippen LogP contribution is 2.09. The van der Waals surface area contributed by atoms with Crippen LogP contribution in [-0.2, 0) is 28.6 Å². The average Bonchev–Trinajstić information content (AvgIpc) is 2.19. The Balaban J connectivity index is 4.91. The third kappa shape index (κ3) is 7.95. The summed E-state index contributed by atoms with van der Waals surface area (Å²) in [6.45, 7) is 6.27. The molecule has 0 saturated heterocycles. The molecule has 0 aromatic heterocycles. The van der Waals surface area contributed by atoms with Crippen LogP contribution in [0.25, 0.3) is 0 Å². The third-order valence-corrected chi connectivity index (χ3v) is 2.58. The van der Waals surface area contributed by atoms with Crippen LogP contribution < -0.4 is 5.32 Å². The van der Waals surface area contributed by atoms with E-state index in [0.29, 0.717) is 0 Å². The number of carbonyl (C=O) groups excluding carboxylic acids is 2. The van der Waals surface area contributed by atoms with Crippen molar-refractivity contribution in [3.8, 4) is 0 Å². The SMILES string of the molecule is COC(=O)[C@@H](NC(=O)OC(C)(C)C)[C@H](C)OS(C)(=O)=O. The normalized spacial score (nSPS) is 15.1. The highest BCUT2D eigenvalue weighted by atomic mass is 32.2. The number of methoxy groups -OCH3 is 1. The van der Waals surface area contributed by atoms with Crippen molar-refractivity contribution < 1.29 is 31.7 Å². The molecule has 1 N–H and O–H groups in total. The summed E-state index contributed by atoms with van der Waals surface area (Å²) in [4.78, 5) is 23.2. The molecule has 0 aromatic rings. The quantitative estimate of drug-likeness (QED) is 0.579. The van der Waals surface area contributed by atoms with Crippen molar-refractivity contribution in [2.75, 3.05) is 13.4 Å². The molecule has 20 heavy (non-hydrogen) atoms. The molecule has 9 heteroatoms. The summed E-state index contributed by atoms with van der Waals surface area (Å²) < 4.78 is 36.2. The maximum absolute atomic E-state index is 11.6. The first-order valence-electron chi connectivity index (χ1n) is 5.81. The lowest BCUT2D eigenvalue weighted by Gasteiger charge is -2.25. The van der Waals surface area contributed by atoms with Gasteiger partial charge in [0.25, 0.3) is 10.1 Å². The lowest BCUT2D eigenvalue weighted by molar-refractivity contribution is -0.145. The van der Waals surface area contributed by atoms with Crippen LogP contribution in [0.15, 0.2) is 0 Å². The van der Waals surface area contributed by atoms with Crippen molar-refractivity contribution in [3.63, 3.8) is 0 Å². The van der Waals surface area contributed by atoms with E-state index >= 15 is 0 Å². The molecule has 0 fully saturated rings. The van der Waals surface area contributed by atoms with Crippen LogP contribution in [0.1, 0.15) is 27.7 Å². The molecule has 0 aromatic carbocycles. The fourth-order valence-electron chi connectivity index (χ4n) is 1.26. The first-order chi connectivity index (χ1) is 8.85. The first-order valence-corrected chi connectivity index (χ1v) is 7.63. The van der Waals surface area contributed by atoms with Crippen molar-refractivity contribution in [2.45, 2.75) is 45.4 Å². The Kier molecular flexibility index (Phi) is 6.42. The van der Waals surface area contributed by atoms with Crippen LogP contribution >= 0.6 is 0 Å². The number of hydrogen-bond acceptors (Lipinski definition) is 7. The van der Waals surface area contributed by atoms with Gasteiger partial charge in [0, 0.05) is 0 Å². The number of hydrogen-bond donors (Lipinski definition) is 1. The molecular weight excluding hydrogens is 290 g/mol. The van der Waals surface area contributed by atoms with Crippen LogP contribution in [0.4, 0.5) is 4.79 Å². The van der Waals surface area contributed by atoms with Gasteiger partial charge in [0.2, 0.25) is 0 Å². The van der Waals surface area contributed by atoms with E-state index in [9.17, 15) is 18.0 Å². The molecule has 2 atom stereocenters. The van der Waals surface area contributed by atoms with Gasteiger partial charge < -0.3 is 14.8 Å². The molecule has 118 valence electrons. The maximum Gasteiger partial charge on any atom is 0.408 e. The highest BCUT2D eigenvalue weighted by molar-refractivity contribution is 7.86. The zero-order valence-corrected chi connectivity index (χ0v) is 13.2. The smallest absolute Gasteiger partial charge is 0.408 e. The van der Waals surface area contributed by atoms with E-state index in [0.717, 1.165) is 13.4 Å². The zero-order chi connectivity index (χ0) is 16.1. The van der Waals surface area contributed by atoms with Gasteiger partial charge in [0.05, 0.1) is 13.4 Å². The molecule has 0 unspecified atom stereocenters. The molecule has 1 amide bonds. The van der Waals surface area contributed by atoms with Crippen LogP contribution in [-0.4, -0.2) is 51.6 Å². The minimum absolute atomic E-state index is 0.758. The van der Waals surface area contributed by atoms with Gasteiger partial charge in [-0.05, 0) is 27.7 Å². The molecule has 0 spiro atoms. The van der Waals surface area contributed by atoms with Crippen LogP contribution in [0.3, 0.4) is 0 Å². The van der Waals surface area contributed by atoms with E-state index < -0.39 is 39.9 Å². The number of esters is 1. The Bertz CT molecular complexity index is 452. The summed E-state index contributed by atoms with van der Waals surface area (Å²) in [5.41, 5.74) is -0.758. The number of rotatable bonds is 5. The summed E-state index contributed by atoms with van der Waals surface area (Å²) in [5, 5.41) is 2.22.